The molecule has 112 valence electrons. The number of piperidine rings is 1. The van der Waals surface area contributed by atoms with Crippen molar-refractivity contribution >= 4 is 17.7 Å². The maximum Gasteiger partial charge on any atom is 0.415 e. The molecule has 0 aromatic heterocycles. The summed E-state index contributed by atoms with van der Waals surface area (Å²) >= 11 is 0. The van der Waals surface area contributed by atoms with Crippen molar-refractivity contribution in [2.24, 2.45) is 5.84 Å². The lowest BCUT2D eigenvalue weighted by atomic mass is 9.92. The van der Waals surface area contributed by atoms with Gasteiger partial charge in [0.1, 0.15) is 5.60 Å². The third-order valence-electron chi connectivity index (χ3n) is 4.11. The topological polar surface area (TPSA) is 96.1 Å². The Bertz CT molecular complexity index is 564. The van der Waals surface area contributed by atoms with Crippen LogP contribution in [0.1, 0.15) is 23.2 Å². The van der Waals surface area contributed by atoms with Crippen LogP contribution in [0.25, 0.3) is 0 Å². The standard InChI is InChI=1S/C14H17N3O4/c15-16-7-5-14(6-8-16)9-17(13(20)21-14)11-3-1-10(2-4-11)12(18)19/h1-4H,5-9,15H2,(H,18,19). The Hall–Kier alpha value is -2.12. The van der Waals surface area contributed by atoms with E-state index in [-0.39, 0.29) is 11.7 Å². The number of nitrogens with two attached hydrogens (primary N) is 1. The largest absolute Gasteiger partial charge is 0.478 e. The molecule has 1 amide bonds. The molecule has 0 saturated carbocycles. The Morgan fingerprint density at radius 1 is 1.24 bits per heavy atom. The number of carboxylic acid groups (broad SMARTS) is 1. The summed E-state index contributed by atoms with van der Waals surface area (Å²) in [4.78, 5) is 24.5. The Morgan fingerprint density at radius 3 is 2.43 bits per heavy atom. The highest BCUT2D eigenvalue weighted by molar-refractivity contribution is 5.92. The zero-order chi connectivity index (χ0) is 15.0. The van der Waals surface area contributed by atoms with Crippen LogP contribution < -0.4 is 10.7 Å². The van der Waals surface area contributed by atoms with E-state index in [9.17, 15) is 9.59 Å². The average Bonchev–Trinajstić information content (AvgIpc) is 2.79. The highest BCUT2D eigenvalue weighted by Crippen LogP contribution is 2.35. The van der Waals surface area contributed by atoms with Crippen LogP contribution in [0.3, 0.4) is 0 Å². The van der Waals surface area contributed by atoms with Crippen molar-refractivity contribution in [1.29, 1.82) is 0 Å². The second kappa shape index (κ2) is 5.01. The van der Waals surface area contributed by atoms with Gasteiger partial charge in [-0.3, -0.25) is 10.7 Å². The molecular formula is C14H17N3O4. The summed E-state index contributed by atoms with van der Waals surface area (Å²) in [5, 5.41) is 10.6. The smallest absolute Gasteiger partial charge is 0.415 e. The van der Waals surface area contributed by atoms with Crippen molar-refractivity contribution in [2.75, 3.05) is 24.5 Å². The first-order valence-corrected chi connectivity index (χ1v) is 6.83. The average molecular weight is 291 g/mol. The van der Waals surface area contributed by atoms with Crippen LogP contribution in [0.2, 0.25) is 0 Å². The number of carbonyl (C=O) groups excluding carboxylic acids is 1. The summed E-state index contributed by atoms with van der Waals surface area (Å²) < 4.78 is 5.57. The Kier molecular flexibility index (Phi) is 3.30. The first-order chi connectivity index (χ1) is 9.99. The summed E-state index contributed by atoms with van der Waals surface area (Å²) in [6.45, 7) is 1.87. The number of carboxylic acids is 1. The molecule has 2 aliphatic heterocycles. The molecule has 2 aliphatic rings. The van der Waals surface area contributed by atoms with Crippen LogP contribution in [0.5, 0.6) is 0 Å². The zero-order valence-electron chi connectivity index (χ0n) is 11.5. The molecule has 0 unspecified atom stereocenters. The number of hydrazine groups is 1. The van der Waals surface area contributed by atoms with Crippen LogP contribution in [-0.4, -0.2) is 47.4 Å². The highest BCUT2D eigenvalue weighted by Gasteiger charge is 2.47. The number of aromatic carboxylic acids is 1. The molecule has 0 radical (unpaired) electrons. The third kappa shape index (κ3) is 2.57. The van der Waals surface area contributed by atoms with Crippen molar-refractivity contribution in [3.63, 3.8) is 0 Å². The molecule has 0 atom stereocenters. The molecule has 0 bridgehead atoms. The Balaban J connectivity index is 1.77. The van der Waals surface area contributed by atoms with Gasteiger partial charge in [0.05, 0.1) is 12.1 Å². The number of hydrogen-bond donors (Lipinski definition) is 2. The number of hydrogen-bond acceptors (Lipinski definition) is 5. The fourth-order valence-electron chi connectivity index (χ4n) is 2.80. The molecule has 7 nitrogen and oxygen atoms in total. The predicted molar refractivity (Wildman–Crippen MR) is 75.0 cm³/mol. The number of benzene rings is 1. The van der Waals surface area contributed by atoms with Crippen molar-refractivity contribution in [3.8, 4) is 0 Å². The van der Waals surface area contributed by atoms with Gasteiger partial charge in [0, 0.05) is 31.6 Å². The number of rotatable bonds is 2. The molecule has 1 aromatic carbocycles. The van der Waals surface area contributed by atoms with Crippen molar-refractivity contribution in [1.82, 2.24) is 5.01 Å². The number of anilines is 1. The minimum atomic E-state index is -0.989. The minimum Gasteiger partial charge on any atom is -0.478 e. The van der Waals surface area contributed by atoms with Crippen molar-refractivity contribution < 1.29 is 19.4 Å². The van der Waals surface area contributed by atoms with Gasteiger partial charge in [0.25, 0.3) is 0 Å². The zero-order valence-corrected chi connectivity index (χ0v) is 11.5. The number of ether oxygens (including phenoxy) is 1. The Labute approximate surface area is 121 Å². The van der Waals surface area contributed by atoms with E-state index in [4.69, 9.17) is 15.7 Å². The van der Waals surface area contributed by atoms with Crippen LogP contribution in [-0.2, 0) is 4.74 Å². The van der Waals surface area contributed by atoms with Gasteiger partial charge in [-0.15, -0.1) is 0 Å². The van der Waals surface area contributed by atoms with Gasteiger partial charge in [0.15, 0.2) is 0 Å². The monoisotopic (exact) mass is 291 g/mol. The van der Waals surface area contributed by atoms with E-state index in [0.717, 1.165) is 0 Å². The summed E-state index contributed by atoms with van der Waals surface area (Å²) in [5.74, 6) is 4.75. The maximum atomic E-state index is 12.1. The van der Waals surface area contributed by atoms with Crippen LogP contribution >= 0.6 is 0 Å². The fraction of sp³-hybridized carbons (Fsp3) is 0.429. The van der Waals surface area contributed by atoms with E-state index in [0.29, 0.717) is 38.2 Å². The van der Waals surface area contributed by atoms with Gasteiger partial charge >= 0.3 is 12.1 Å². The normalized spacial score (nSPS) is 21.6. The van der Waals surface area contributed by atoms with E-state index in [2.05, 4.69) is 0 Å². The van der Waals surface area contributed by atoms with Crippen LogP contribution in [0.15, 0.2) is 24.3 Å². The van der Waals surface area contributed by atoms with E-state index >= 15 is 0 Å². The molecule has 2 fully saturated rings. The lowest BCUT2D eigenvalue weighted by Crippen LogP contribution is -2.49. The minimum absolute atomic E-state index is 0.192. The molecule has 7 heteroatoms. The van der Waals surface area contributed by atoms with E-state index in [1.807, 2.05) is 0 Å². The quantitative estimate of drug-likeness (QED) is 0.791. The van der Waals surface area contributed by atoms with Gasteiger partial charge < -0.3 is 9.84 Å². The molecule has 1 aromatic rings. The first kappa shape index (κ1) is 13.8. The molecular weight excluding hydrogens is 274 g/mol. The third-order valence-corrected chi connectivity index (χ3v) is 4.11. The molecule has 21 heavy (non-hydrogen) atoms. The number of nitrogens with zero attached hydrogens (tertiary/aromatic N) is 2. The van der Waals surface area contributed by atoms with Gasteiger partial charge in [-0.05, 0) is 24.3 Å². The molecule has 2 heterocycles. The number of amides is 1. The van der Waals surface area contributed by atoms with Gasteiger partial charge in [-0.2, -0.15) is 0 Å². The second-order valence-corrected chi connectivity index (χ2v) is 5.53. The van der Waals surface area contributed by atoms with Gasteiger partial charge in [0.2, 0.25) is 0 Å². The molecule has 0 aliphatic carbocycles. The lowest BCUT2D eigenvalue weighted by molar-refractivity contribution is 0.000719. The maximum absolute atomic E-state index is 12.1. The summed E-state index contributed by atoms with van der Waals surface area (Å²) in [5.41, 5.74) is 0.368. The molecule has 3 N–H and O–H groups in total. The van der Waals surface area contributed by atoms with Crippen LogP contribution in [0, 0.1) is 0 Å². The lowest BCUT2D eigenvalue weighted by Gasteiger charge is -2.35. The van der Waals surface area contributed by atoms with E-state index < -0.39 is 11.6 Å². The van der Waals surface area contributed by atoms with Gasteiger partial charge in [-0.1, -0.05) is 0 Å². The molecule has 3 rings (SSSR count). The first-order valence-electron chi connectivity index (χ1n) is 6.83. The molecule has 1 spiro atoms. The second-order valence-electron chi connectivity index (χ2n) is 5.53. The summed E-state index contributed by atoms with van der Waals surface area (Å²) in [7, 11) is 0. The summed E-state index contributed by atoms with van der Waals surface area (Å²) in [6.07, 6.45) is 1.03. The van der Waals surface area contributed by atoms with Crippen molar-refractivity contribution in [3.05, 3.63) is 29.8 Å². The van der Waals surface area contributed by atoms with E-state index in [1.165, 1.54) is 12.1 Å². The van der Waals surface area contributed by atoms with Gasteiger partial charge in [-0.25, -0.2) is 14.6 Å². The number of carbonyl (C=O) groups is 2. The SMILES string of the molecule is NN1CCC2(CC1)CN(c1ccc(C(=O)O)cc1)C(=O)O2. The molecule has 2 saturated heterocycles. The predicted octanol–water partition coefficient (Wildman–Crippen LogP) is 1.05. The fourth-order valence-corrected chi connectivity index (χ4v) is 2.80. The Morgan fingerprint density at radius 2 is 1.86 bits per heavy atom. The van der Waals surface area contributed by atoms with E-state index in [1.54, 1.807) is 22.0 Å². The summed E-state index contributed by atoms with van der Waals surface area (Å²) in [6, 6.07) is 6.22. The van der Waals surface area contributed by atoms with Crippen LogP contribution in [0.4, 0.5) is 10.5 Å². The van der Waals surface area contributed by atoms with Crippen molar-refractivity contribution in [2.45, 2.75) is 18.4 Å². The highest BCUT2D eigenvalue weighted by atomic mass is 16.6.